The van der Waals surface area contributed by atoms with E-state index in [0.717, 1.165) is 11.8 Å². The van der Waals surface area contributed by atoms with Crippen LogP contribution in [0.25, 0.3) is 0 Å². The summed E-state index contributed by atoms with van der Waals surface area (Å²) in [7, 11) is 0. The molecule has 0 aliphatic heterocycles. The van der Waals surface area contributed by atoms with Gasteiger partial charge in [-0.15, -0.1) is 0 Å². The molecule has 1 atom stereocenters. The van der Waals surface area contributed by atoms with Crippen molar-refractivity contribution >= 4 is 15.9 Å². The van der Waals surface area contributed by atoms with E-state index < -0.39 is 0 Å². The molecule has 0 heterocycles. The Kier molecular flexibility index (Phi) is 2.22. The van der Waals surface area contributed by atoms with E-state index in [1.165, 1.54) is 22.9 Å². The van der Waals surface area contributed by atoms with E-state index in [1.54, 1.807) is 0 Å². The van der Waals surface area contributed by atoms with Crippen molar-refractivity contribution in [3.63, 3.8) is 0 Å². The predicted molar refractivity (Wildman–Crippen MR) is 55.3 cm³/mol. The van der Waals surface area contributed by atoms with Crippen LogP contribution in [0, 0.1) is 5.92 Å². The van der Waals surface area contributed by atoms with Gasteiger partial charge in [0, 0.05) is 4.47 Å². The lowest BCUT2D eigenvalue weighted by molar-refractivity contribution is 0.661. The van der Waals surface area contributed by atoms with Gasteiger partial charge < -0.3 is 0 Å². The minimum absolute atomic E-state index is 0.737. The summed E-state index contributed by atoms with van der Waals surface area (Å²) in [6, 6.07) is 8.56. The van der Waals surface area contributed by atoms with Gasteiger partial charge in [0.1, 0.15) is 0 Å². The summed E-state index contributed by atoms with van der Waals surface area (Å²) in [5, 5.41) is 0. The molecule has 0 N–H and O–H groups in total. The molecular weight excluding hydrogens is 212 g/mol. The van der Waals surface area contributed by atoms with Crippen LogP contribution in [0.4, 0.5) is 0 Å². The van der Waals surface area contributed by atoms with Gasteiger partial charge in [-0.2, -0.15) is 0 Å². The minimum atomic E-state index is 0.737. The Hall–Kier alpha value is -0.300. The summed E-state index contributed by atoms with van der Waals surface area (Å²) in [5.74, 6) is 1.68. The summed E-state index contributed by atoms with van der Waals surface area (Å²) in [6.07, 6.45) is 2.84. The van der Waals surface area contributed by atoms with E-state index in [1.807, 2.05) is 0 Å². The highest BCUT2D eigenvalue weighted by molar-refractivity contribution is 9.10. The number of hydrogen-bond acceptors (Lipinski definition) is 0. The van der Waals surface area contributed by atoms with Crippen molar-refractivity contribution in [1.82, 2.24) is 0 Å². The highest BCUT2D eigenvalue weighted by Crippen LogP contribution is 2.43. The molecule has 0 bridgehead atoms. The average molecular weight is 225 g/mol. The van der Waals surface area contributed by atoms with E-state index in [0.29, 0.717) is 0 Å². The summed E-state index contributed by atoms with van der Waals surface area (Å²) < 4.78 is 1.27. The number of rotatable bonds is 2. The number of hydrogen-bond donors (Lipinski definition) is 0. The van der Waals surface area contributed by atoms with E-state index in [9.17, 15) is 0 Å². The van der Waals surface area contributed by atoms with Gasteiger partial charge in [0.05, 0.1) is 0 Å². The maximum atomic E-state index is 3.59. The van der Waals surface area contributed by atoms with Gasteiger partial charge in [0.25, 0.3) is 0 Å². The van der Waals surface area contributed by atoms with Crippen molar-refractivity contribution in [2.24, 2.45) is 5.92 Å². The molecule has 2 rings (SSSR count). The first-order valence-electron chi connectivity index (χ1n) is 4.53. The van der Waals surface area contributed by atoms with Gasteiger partial charge >= 0.3 is 0 Å². The van der Waals surface area contributed by atoms with Crippen molar-refractivity contribution in [3.8, 4) is 0 Å². The fourth-order valence-electron chi connectivity index (χ4n) is 1.69. The van der Waals surface area contributed by atoms with Crippen LogP contribution >= 0.6 is 15.9 Å². The molecular formula is C11H13Br. The summed E-state index contributed by atoms with van der Waals surface area (Å²) in [4.78, 5) is 0. The lowest BCUT2D eigenvalue weighted by Gasteiger charge is -2.11. The van der Waals surface area contributed by atoms with Gasteiger partial charge in [0.15, 0.2) is 0 Å². The normalized spacial score (nSPS) is 19.2. The second-order valence-electron chi connectivity index (χ2n) is 3.65. The molecule has 0 aromatic heterocycles. The van der Waals surface area contributed by atoms with Crippen LogP contribution in [0.3, 0.4) is 0 Å². The fraction of sp³-hybridized carbons (Fsp3) is 0.455. The van der Waals surface area contributed by atoms with Crippen LogP contribution in [0.2, 0.25) is 0 Å². The van der Waals surface area contributed by atoms with Gasteiger partial charge in [-0.05, 0) is 36.3 Å². The Morgan fingerprint density at radius 1 is 1.33 bits per heavy atom. The van der Waals surface area contributed by atoms with Crippen molar-refractivity contribution in [1.29, 1.82) is 0 Å². The molecule has 1 aliphatic rings. The summed E-state index contributed by atoms with van der Waals surface area (Å²) in [5.41, 5.74) is 1.47. The molecule has 64 valence electrons. The molecule has 0 saturated heterocycles. The molecule has 0 radical (unpaired) electrons. The zero-order valence-corrected chi connectivity index (χ0v) is 8.84. The molecule has 1 aromatic carbocycles. The van der Waals surface area contributed by atoms with Crippen molar-refractivity contribution in [3.05, 3.63) is 34.3 Å². The molecule has 1 fully saturated rings. The number of benzene rings is 1. The molecule has 1 saturated carbocycles. The Morgan fingerprint density at radius 3 is 2.58 bits per heavy atom. The second-order valence-corrected chi connectivity index (χ2v) is 4.50. The number of halogens is 1. The Labute approximate surface area is 82.1 Å². The molecule has 12 heavy (non-hydrogen) atoms. The van der Waals surface area contributed by atoms with Crippen LogP contribution in [-0.4, -0.2) is 0 Å². The standard InChI is InChI=1S/C11H13Br/c1-8(9-6-7-9)10-4-2-3-5-11(10)12/h2-5,8-9H,6-7H2,1H3/t8-/m0/s1. The van der Waals surface area contributed by atoms with Crippen LogP contribution in [0.5, 0.6) is 0 Å². The molecule has 1 aromatic rings. The predicted octanol–water partition coefficient (Wildman–Crippen LogP) is 3.96. The van der Waals surface area contributed by atoms with Gasteiger partial charge in [-0.3, -0.25) is 0 Å². The first-order valence-corrected chi connectivity index (χ1v) is 5.33. The first-order chi connectivity index (χ1) is 5.79. The molecule has 0 unspecified atom stereocenters. The van der Waals surface area contributed by atoms with E-state index in [2.05, 4.69) is 47.1 Å². The van der Waals surface area contributed by atoms with E-state index in [4.69, 9.17) is 0 Å². The van der Waals surface area contributed by atoms with Crippen LogP contribution in [-0.2, 0) is 0 Å². The second kappa shape index (κ2) is 3.21. The van der Waals surface area contributed by atoms with Gasteiger partial charge in [-0.25, -0.2) is 0 Å². The lowest BCUT2D eigenvalue weighted by atomic mass is 9.97. The van der Waals surface area contributed by atoms with Gasteiger partial charge in [0.2, 0.25) is 0 Å². The van der Waals surface area contributed by atoms with Crippen LogP contribution in [0.1, 0.15) is 31.2 Å². The highest BCUT2D eigenvalue weighted by atomic mass is 79.9. The van der Waals surface area contributed by atoms with Crippen LogP contribution in [0.15, 0.2) is 28.7 Å². The van der Waals surface area contributed by atoms with Gasteiger partial charge in [-0.1, -0.05) is 41.1 Å². The zero-order chi connectivity index (χ0) is 8.55. The Bertz CT molecular complexity index is 276. The van der Waals surface area contributed by atoms with E-state index >= 15 is 0 Å². The molecule has 0 nitrogen and oxygen atoms in total. The monoisotopic (exact) mass is 224 g/mol. The van der Waals surface area contributed by atoms with E-state index in [-0.39, 0.29) is 0 Å². The Balaban J connectivity index is 2.25. The topological polar surface area (TPSA) is 0 Å². The Morgan fingerprint density at radius 2 is 2.00 bits per heavy atom. The zero-order valence-electron chi connectivity index (χ0n) is 7.26. The highest BCUT2D eigenvalue weighted by Gasteiger charge is 2.29. The average Bonchev–Trinajstić information content (AvgIpc) is 2.86. The first kappa shape index (κ1) is 8.31. The third kappa shape index (κ3) is 1.56. The summed E-state index contributed by atoms with van der Waals surface area (Å²) >= 11 is 3.59. The van der Waals surface area contributed by atoms with Crippen molar-refractivity contribution in [2.75, 3.05) is 0 Å². The third-order valence-corrected chi connectivity index (χ3v) is 3.45. The maximum Gasteiger partial charge on any atom is 0.0210 e. The van der Waals surface area contributed by atoms with Crippen molar-refractivity contribution in [2.45, 2.75) is 25.7 Å². The molecule has 1 aliphatic carbocycles. The third-order valence-electron chi connectivity index (χ3n) is 2.72. The summed E-state index contributed by atoms with van der Waals surface area (Å²) in [6.45, 7) is 2.33. The lowest BCUT2D eigenvalue weighted by Crippen LogP contribution is -1.95. The largest absolute Gasteiger partial charge is 0.0619 e. The van der Waals surface area contributed by atoms with Crippen molar-refractivity contribution < 1.29 is 0 Å². The smallest absolute Gasteiger partial charge is 0.0210 e. The molecule has 0 spiro atoms. The SMILES string of the molecule is C[C@H](c1ccccc1Br)C1CC1. The quantitative estimate of drug-likeness (QED) is 0.714. The maximum absolute atomic E-state index is 3.59. The fourth-order valence-corrected chi connectivity index (χ4v) is 2.34. The van der Waals surface area contributed by atoms with Crippen LogP contribution < -0.4 is 0 Å². The molecule has 0 amide bonds. The minimum Gasteiger partial charge on any atom is -0.0619 e. The molecule has 1 heteroatoms.